The van der Waals surface area contributed by atoms with Crippen molar-refractivity contribution in [2.24, 2.45) is 0 Å². The molecule has 0 bridgehead atoms. The van der Waals surface area contributed by atoms with Crippen LogP contribution in [0.2, 0.25) is 0 Å². The van der Waals surface area contributed by atoms with Crippen LogP contribution < -0.4 is 10.1 Å². The summed E-state index contributed by atoms with van der Waals surface area (Å²) in [5.74, 6) is 1.09. The Morgan fingerprint density at radius 3 is 2.41 bits per heavy atom. The molecule has 1 N–H and O–H groups in total. The maximum absolute atomic E-state index is 12.6. The van der Waals surface area contributed by atoms with E-state index in [1.165, 1.54) is 43.0 Å². The summed E-state index contributed by atoms with van der Waals surface area (Å²) in [7, 11) is 1.58. The van der Waals surface area contributed by atoms with Crippen molar-refractivity contribution in [2.45, 2.75) is 18.5 Å². The fourth-order valence-corrected chi connectivity index (χ4v) is 3.74. The zero-order valence-electron chi connectivity index (χ0n) is 17.5. The number of nitro benzene ring substituents is 1. The number of ether oxygens (including phenoxy) is 1. The normalized spacial score (nSPS) is 10.6. The van der Waals surface area contributed by atoms with Crippen molar-refractivity contribution < 1.29 is 19.2 Å². The first-order valence-electron chi connectivity index (χ1n) is 9.62. The quantitative estimate of drug-likeness (QED) is 0.214. The summed E-state index contributed by atoms with van der Waals surface area (Å²) in [6.45, 7) is 1.84. The van der Waals surface area contributed by atoms with Gasteiger partial charge in [0.1, 0.15) is 11.6 Å². The highest BCUT2D eigenvalue weighted by Crippen LogP contribution is 2.25. The summed E-state index contributed by atoms with van der Waals surface area (Å²) in [5.41, 5.74) is 1.10. The highest BCUT2D eigenvalue weighted by atomic mass is 32.2. The van der Waals surface area contributed by atoms with Crippen LogP contribution in [-0.2, 0) is 11.2 Å². The van der Waals surface area contributed by atoms with E-state index < -0.39 is 4.92 Å². The van der Waals surface area contributed by atoms with Crippen LogP contribution in [0.25, 0.3) is 5.69 Å². The molecular formula is C21H21N5O5S. The minimum absolute atomic E-state index is 0.0720. The molecule has 0 saturated heterocycles. The van der Waals surface area contributed by atoms with Gasteiger partial charge in [-0.05, 0) is 36.4 Å². The molecule has 32 heavy (non-hydrogen) atoms. The fraction of sp³-hybridized carbons (Fsp3) is 0.238. The average Bonchev–Trinajstić information content (AvgIpc) is 3.20. The van der Waals surface area contributed by atoms with Crippen molar-refractivity contribution >= 4 is 29.1 Å². The number of thioether (sulfide) groups is 1. The first kappa shape index (κ1) is 22.9. The topological polar surface area (TPSA) is 129 Å². The van der Waals surface area contributed by atoms with Gasteiger partial charge in [-0.3, -0.25) is 24.3 Å². The third-order valence-corrected chi connectivity index (χ3v) is 5.41. The monoisotopic (exact) mass is 455 g/mol. The van der Waals surface area contributed by atoms with E-state index in [-0.39, 0.29) is 23.1 Å². The van der Waals surface area contributed by atoms with Crippen LogP contribution in [0.1, 0.15) is 23.1 Å². The molecule has 11 heteroatoms. The molecule has 0 unspecified atom stereocenters. The number of rotatable bonds is 10. The maximum Gasteiger partial charge on any atom is 0.269 e. The van der Waals surface area contributed by atoms with E-state index in [0.29, 0.717) is 35.3 Å². The molecule has 3 aromatic rings. The average molecular weight is 455 g/mol. The van der Waals surface area contributed by atoms with Gasteiger partial charge in [0.2, 0.25) is 5.91 Å². The van der Waals surface area contributed by atoms with Crippen LogP contribution in [0.4, 0.5) is 5.69 Å². The molecular weight excluding hydrogens is 434 g/mol. The predicted molar refractivity (Wildman–Crippen MR) is 118 cm³/mol. The van der Waals surface area contributed by atoms with Gasteiger partial charge in [-0.25, -0.2) is 0 Å². The number of nitrogens with zero attached hydrogens (tertiary/aromatic N) is 4. The van der Waals surface area contributed by atoms with Crippen LogP contribution in [0.3, 0.4) is 0 Å². The first-order valence-corrected chi connectivity index (χ1v) is 10.6. The number of methoxy groups -OCH3 is 1. The molecule has 0 spiro atoms. The van der Waals surface area contributed by atoms with Crippen LogP contribution in [0, 0.1) is 10.1 Å². The van der Waals surface area contributed by atoms with Crippen molar-refractivity contribution in [1.82, 2.24) is 20.1 Å². The van der Waals surface area contributed by atoms with Crippen molar-refractivity contribution in [3.8, 4) is 11.4 Å². The summed E-state index contributed by atoms with van der Waals surface area (Å²) in [6, 6.07) is 12.8. The van der Waals surface area contributed by atoms with Gasteiger partial charge in [-0.15, -0.1) is 10.2 Å². The van der Waals surface area contributed by atoms with Crippen molar-refractivity contribution in [2.75, 3.05) is 19.4 Å². The lowest BCUT2D eigenvalue weighted by Crippen LogP contribution is -2.23. The SMILES string of the molecule is COc1ccc(-n2c(CCNC(C)=O)nnc2SCC(=O)c2ccc([N+](=O)[O-])cc2)cc1. The summed E-state index contributed by atoms with van der Waals surface area (Å²) in [6.07, 6.45) is 0.454. The third-order valence-electron chi connectivity index (χ3n) is 4.49. The lowest BCUT2D eigenvalue weighted by atomic mass is 10.1. The lowest BCUT2D eigenvalue weighted by molar-refractivity contribution is -0.384. The van der Waals surface area contributed by atoms with Crippen molar-refractivity contribution in [3.63, 3.8) is 0 Å². The fourth-order valence-electron chi connectivity index (χ4n) is 2.88. The number of nitro groups is 1. The summed E-state index contributed by atoms with van der Waals surface area (Å²) >= 11 is 1.21. The first-order chi connectivity index (χ1) is 15.4. The molecule has 0 aliphatic carbocycles. The van der Waals surface area contributed by atoms with E-state index in [9.17, 15) is 19.7 Å². The Balaban J connectivity index is 1.79. The molecule has 1 aromatic heterocycles. The molecule has 1 amide bonds. The van der Waals surface area contributed by atoms with Gasteiger partial charge in [0.05, 0.1) is 17.8 Å². The second-order valence-corrected chi connectivity index (χ2v) is 7.62. The van der Waals surface area contributed by atoms with Crippen LogP contribution in [0.5, 0.6) is 5.75 Å². The predicted octanol–water partition coefficient (Wildman–Crippen LogP) is 2.84. The molecule has 3 rings (SSSR count). The third kappa shape index (κ3) is 5.70. The van der Waals surface area contributed by atoms with Gasteiger partial charge in [0, 0.05) is 43.3 Å². The van der Waals surface area contributed by atoms with Crippen molar-refractivity contribution in [3.05, 3.63) is 70.0 Å². The second-order valence-electron chi connectivity index (χ2n) is 6.68. The Labute approximate surface area is 188 Å². The number of benzene rings is 2. The molecule has 0 aliphatic rings. The number of Topliss-reactive ketones (excluding diaryl/α,β-unsaturated/α-hetero) is 1. The van der Waals surface area contributed by atoms with E-state index in [4.69, 9.17) is 4.74 Å². The van der Waals surface area contributed by atoms with Gasteiger partial charge < -0.3 is 10.1 Å². The Morgan fingerprint density at radius 2 is 1.81 bits per heavy atom. The molecule has 0 saturated carbocycles. The summed E-state index contributed by atoms with van der Waals surface area (Å²) < 4.78 is 7.04. The Hall–Kier alpha value is -3.73. The van der Waals surface area contributed by atoms with Gasteiger partial charge in [-0.1, -0.05) is 11.8 Å². The maximum atomic E-state index is 12.6. The minimum Gasteiger partial charge on any atom is -0.497 e. The molecule has 0 fully saturated rings. The van der Waals surface area contributed by atoms with E-state index in [2.05, 4.69) is 15.5 Å². The van der Waals surface area contributed by atoms with Crippen LogP contribution in [0.15, 0.2) is 53.7 Å². The van der Waals surface area contributed by atoms with Gasteiger partial charge in [0.15, 0.2) is 10.9 Å². The number of carbonyl (C=O) groups is 2. The number of nitrogens with one attached hydrogen (secondary N) is 1. The minimum atomic E-state index is -0.511. The Kier molecular flexibility index (Phi) is 7.55. The molecule has 2 aromatic carbocycles. The van der Waals surface area contributed by atoms with E-state index in [1.807, 2.05) is 28.8 Å². The largest absolute Gasteiger partial charge is 0.497 e. The van der Waals surface area contributed by atoms with Crippen LogP contribution >= 0.6 is 11.8 Å². The van der Waals surface area contributed by atoms with Crippen molar-refractivity contribution in [1.29, 1.82) is 0 Å². The number of amides is 1. The highest BCUT2D eigenvalue weighted by Gasteiger charge is 2.17. The number of hydrogen-bond donors (Lipinski definition) is 1. The Bertz CT molecular complexity index is 1110. The van der Waals surface area contributed by atoms with Gasteiger partial charge in [0.25, 0.3) is 5.69 Å². The standard InChI is InChI=1S/C21H21N5O5S/c1-14(27)22-12-11-20-23-24-21(25(20)16-7-9-18(31-2)10-8-16)32-13-19(28)15-3-5-17(6-4-15)26(29)30/h3-10H,11-13H2,1-2H3,(H,22,27). The van der Waals surface area contributed by atoms with Gasteiger partial charge >= 0.3 is 0 Å². The molecule has 1 heterocycles. The molecule has 0 radical (unpaired) electrons. The summed E-state index contributed by atoms with van der Waals surface area (Å²) in [4.78, 5) is 34.0. The molecule has 166 valence electrons. The number of ketones is 1. The molecule has 10 nitrogen and oxygen atoms in total. The zero-order chi connectivity index (χ0) is 23.1. The van der Waals surface area contributed by atoms with E-state index in [1.54, 1.807) is 7.11 Å². The lowest BCUT2D eigenvalue weighted by Gasteiger charge is -2.11. The number of hydrogen-bond acceptors (Lipinski definition) is 8. The smallest absolute Gasteiger partial charge is 0.269 e. The van der Waals surface area contributed by atoms with E-state index in [0.717, 1.165) is 5.69 Å². The second kappa shape index (κ2) is 10.5. The van der Waals surface area contributed by atoms with Gasteiger partial charge in [-0.2, -0.15) is 0 Å². The van der Waals surface area contributed by atoms with E-state index >= 15 is 0 Å². The molecule has 0 atom stereocenters. The van der Waals surface area contributed by atoms with Crippen LogP contribution in [-0.4, -0.2) is 50.8 Å². The highest BCUT2D eigenvalue weighted by molar-refractivity contribution is 7.99. The number of carbonyl (C=O) groups excluding carboxylic acids is 2. The number of non-ortho nitro benzene ring substituents is 1. The zero-order valence-corrected chi connectivity index (χ0v) is 18.3. The Morgan fingerprint density at radius 1 is 1.12 bits per heavy atom. The summed E-state index contributed by atoms with van der Waals surface area (Å²) in [5, 5.41) is 22.5. The number of aromatic nitrogens is 3. The molecule has 0 aliphatic heterocycles.